The van der Waals surface area contributed by atoms with Crippen molar-refractivity contribution in [1.29, 1.82) is 0 Å². The molecule has 1 fully saturated rings. The van der Waals surface area contributed by atoms with Crippen molar-refractivity contribution in [3.63, 3.8) is 0 Å². The predicted octanol–water partition coefficient (Wildman–Crippen LogP) is -0.874. The van der Waals surface area contributed by atoms with E-state index in [-0.39, 0.29) is 49.8 Å². The van der Waals surface area contributed by atoms with Gasteiger partial charge in [-0.3, -0.25) is 29.0 Å². The summed E-state index contributed by atoms with van der Waals surface area (Å²) in [5.74, 6) is -3.05. The molecule has 1 aliphatic rings. The molecule has 0 radical (unpaired) electrons. The molecule has 1 saturated heterocycles. The van der Waals surface area contributed by atoms with E-state index in [2.05, 4.69) is 20.9 Å². The standard InChI is InChI=1S/C33H47N9O7/c34-16-2-1-5-25(30(47)39-24(29(35)46)6-3-17-38-33(36)37)40-31(48)26-7-4-18-42(26)32(49)28(21-10-14-23(44)15-11-21)41-27(45)19-20-8-12-22(43)13-9-20/h8-15,24-26,28,43-44H,1-7,16-19,34H2,(H2,35,46)(H,39,47)(H,40,48)(H,41,45)(H4,36,37,38)/t24?,25?,26-,28?/m0/s1. The minimum absolute atomic E-state index is 0.0323. The molecule has 4 atom stereocenters. The SMILES string of the molecule is NCCCCC(NC(=O)[C@@H]1CCCN1C(=O)C(NC(=O)Cc1ccc(O)cc1)c1ccc(O)cc1)C(=O)NC(CCCN=C(N)N)C(N)=O. The lowest BCUT2D eigenvalue weighted by atomic mass is 10.0. The van der Waals surface area contributed by atoms with Gasteiger partial charge in [0.05, 0.1) is 6.42 Å². The first-order chi connectivity index (χ1) is 23.4. The number of rotatable bonds is 18. The topological polar surface area (TPSA) is 282 Å². The maximum absolute atomic E-state index is 14.1. The minimum atomic E-state index is -1.18. The number of phenols is 2. The van der Waals surface area contributed by atoms with Crippen LogP contribution in [-0.4, -0.2) is 88.4 Å². The Balaban J connectivity index is 1.76. The molecular formula is C33H47N9O7. The van der Waals surface area contributed by atoms with Crippen molar-refractivity contribution in [3.05, 3.63) is 59.7 Å². The van der Waals surface area contributed by atoms with Crippen LogP contribution in [0, 0.1) is 0 Å². The van der Waals surface area contributed by atoms with Gasteiger partial charge in [0.1, 0.15) is 35.7 Å². The number of amides is 5. The molecule has 16 nitrogen and oxygen atoms in total. The summed E-state index contributed by atoms with van der Waals surface area (Å²) in [5.41, 5.74) is 22.8. The van der Waals surface area contributed by atoms with Gasteiger partial charge in [0.15, 0.2) is 5.96 Å². The fraction of sp³-hybridized carbons (Fsp3) is 0.455. The first kappa shape index (κ1) is 38.1. The van der Waals surface area contributed by atoms with Crippen LogP contribution < -0.4 is 38.9 Å². The fourth-order valence-corrected chi connectivity index (χ4v) is 5.53. The van der Waals surface area contributed by atoms with Crippen molar-refractivity contribution < 1.29 is 34.2 Å². The minimum Gasteiger partial charge on any atom is -0.508 e. The Labute approximate surface area is 284 Å². The van der Waals surface area contributed by atoms with Gasteiger partial charge < -0.3 is 54.0 Å². The normalized spacial score (nSPS) is 15.8. The smallest absolute Gasteiger partial charge is 0.250 e. The molecule has 2 aromatic rings. The Morgan fingerprint density at radius 1 is 0.837 bits per heavy atom. The first-order valence-electron chi connectivity index (χ1n) is 16.2. The van der Waals surface area contributed by atoms with Crippen LogP contribution in [0.3, 0.4) is 0 Å². The summed E-state index contributed by atoms with van der Waals surface area (Å²) < 4.78 is 0. The molecule has 2 aromatic carbocycles. The second-order valence-electron chi connectivity index (χ2n) is 11.9. The number of benzene rings is 2. The number of phenolic OH excluding ortho intramolecular Hbond substituents is 2. The predicted molar refractivity (Wildman–Crippen MR) is 181 cm³/mol. The van der Waals surface area contributed by atoms with E-state index in [0.717, 1.165) is 0 Å². The molecule has 1 aliphatic heterocycles. The van der Waals surface area contributed by atoms with Crippen molar-refractivity contribution in [3.8, 4) is 11.5 Å². The number of carbonyl (C=O) groups is 5. The number of aromatic hydroxyl groups is 2. The van der Waals surface area contributed by atoms with E-state index >= 15 is 0 Å². The number of hydrogen-bond donors (Lipinski definition) is 9. The highest BCUT2D eigenvalue weighted by atomic mass is 16.3. The van der Waals surface area contributed by atoms with Gasteiger partial charge >= 0.3 is 0 Å². The third kappa shape index (κ3) is 12.0. The van der Waals surface area contributed by atoms with Crippen LogP contribution in [0.2, 0.25) is 0 Å². The molecule has 0 saturated carbocycles. The van der Waals surface area contributed by atoms with Crippen molar-refractivity contribution in [1.82, 2.24) is 20.9 Å². The summed E-state index contributed by atoms with van der Waals surface area (Å²) in [6, 6.07) is 7.66. The average molecular weight is 682 g/mol. The largest absolute Gasteiger partial charge is 0.508 e. The molecule has 3 rings (SSSR count). The van der Waals surface area contributed by atoms with Crippen molar-refractivity contribution in [2.24, 2.45) is 27.9 Å². The lowest BCUT2D eigenvalue weighted by Gasteiger charge is -2.30. The van der Waals surface area contributed by atoms with E-state index in [1.165, 1.54) is 41.3 Å². The van der Waals surface area contributed by atoms with Crippen LogP contribution in [0.4, 0.5) is 0 Å². The quantitative estimate of drug-likeness (QED) is 0.0532. The second kappa shape index (κ2) is 18.8. The maximum Gasteiger partial charge on any atom is 0.250 e. The maximum atomic E-state index is 14.1. The van der Waals surface area contributed by atoms with Gasteiger partial charge in [-0.2, -0.15) is 0 Å². The van der Waals surface area contributed by atoms with Crippen LogP contribution in [0.25, 0.3) is 0 Å². The Bertz CT molecular complexity index is 1460. The van der Waals surface area contributed by atoms with Crippen LogP contribution in [0.15, 0.2) is 53.5 Å². The molecule has 13 N–H and O–H groups in total. The van der Waals surface area contributed by atoms with Gasteiger partial charge in [-0.25, -0.2) is 0 Å². The third-order valence-corrected chi connectivity index (χ3v) is 8.10. The number of primary amides is 1. The zero-order valence-electron chi connectivity index (χ0n) is 27.3. The molecule has 0 bridgehead atoms. The first-order valence-corrected chi connectivity index (χ1v) is 16.2. The summed E-state index contributed by atoms with van der Waals surface area (Å²) in [4.78, 5) is 71.6. The van der Waals surface area contributed by atoms with E-state index in [0.29, 0.717) is 49.8 Å². The van der Waals surface area contributed by atoms with Crippen LogP contribution >= 0.6 is 0 Å². The summed E-state index contributed by atoms with van der Waals surface area (Å²) >= 11 is 0. The number of nitrogens with one attached hydrogen (secondary N) is 3. The summed E-state index contributed by atoms with van der Waals surface area (Å²) in [6.07, 6.45) is 2.58. The molecule has 5 amide bonds. The van der Waals surface area contributed by atoms with Crippen molar-refractivity contribution >= 4 is 35.5 Å². The van der Waals surface area contributed by atoms with Crippen LogP contribution in [0.1, 0.15) is 62.1 Å². The fourth-order valence-electron chi connectivity index (χ4n) is 5.53. The average Bonchev–Trinajstić information content (AvgIpc) is 3.56. The molecule has 0 aliphatic carbocycles. The zero-order chi connectivity index (χ0) is 35.9. The van der Waals surface area contributed by atoms with Gasteiger partial charge in [0.2, 0.25) is 29.5 Å². The highest BCUT2D eigenvalue weighted by molar-refractivity contribution is 5.96. The molecular weight excluding hydrogens is 634 g/mol. The van der Waals surface area contributed by atoms with Crippen molar-refractivity contribution in [2.45, 2.75) is 75.5 Å². The van der Waals surface area contributed by atoms with Gasteiger partial charge in [-0.1, -0.05) is 24.3 Å². The number of nitrogens with zero attached hydrogens (tertiary/aromatic N) is 2. The Kier molecular flexibility index (Phi) is 14.6. The Hall–Kier alpha value is -5.38. The Morgan fingerprint density at radius 2 is 1.47 bits per heavy atom. The van der Waals surface area contributed by atoms with E-state index in [1.807, 2.05) is 0 Å². The van der Waals surface area contributed by atoms with Crippen LogP contribution in [0.5, 0.6) is 11.5 Å². The van der Waals surface area contributed by atoms with Gasteiger partial charge in [-0.05, 0) is 86.9 Å². The molecule has 49 heavy (non-hydrogen) atoms. The zero-order valence-corrected chi connectivity index (χ0v) is 27.3. The van der Waals surface area contributed by atoms with E-state index in [1.54, 1.807) is 12.1 Å². The molecule has 0 spiro atoms. The third-order valence-electron chi connectivity index (χ3n) is 8.10. The van der Waals surface area contributed by atoms with Crippen LogP contribution in [-0.2, 0) is 30.4 Å². The van der Waals surface area contributed by atoms with Gasteiger partial charge in [-0.15, -0.1) is 0 Å². The molecule has 0 aromatic heterocycles. The van der Waals surface area contributed by atoms with Crippen molar-refractivity contribution in [2.75, 3.05) is 19.6 Å². The molecule has 3 unspecified atom stereocenters. The number of carbonyl (C=O) groups excluding carboxylic acids is 5. The lowest BCUT2D eigenvalue weighted by molar-refractivity contribution is -0.142. The summed E-state index contributed by atoms with van der Waals surface area (Å²) in [6.45, 7) is 0.828. The highest BCUT2D eigenvalue weighted by Crippen LogP contribution is 2.26. The molecule has 1 heterocycles. The summed E-state index contributed by atoms with van der Waals surface area (Å²) in [7, 11) is 0. The van der Waals surface area contributed by atoms with E-state index in [4.69, 9.17) is 22.9 Å². The molecule has 16 heteroatoms. The van der Waals surface area contributed by atoms with E-state index < -0.39 is 53.7 Å². The number of aliphatic imine (C=N–C) groups is 1. The Morgan fingerprint density at radius 3 is 2.08 bits per heavy atom. The van der Waals surface area contributed by atoms with E-state index in [9.17, 15) is 34.2 Å². The number of likely N-dealkylation sites (tertiary alicyclic amines) is 1. The molecule has 266 valence electrons. The second-order valence-corrected chi connectivity index (χ2v) is 11.9. The monoisotopic (exact) mass is 681 g/mol. The number of hydrogen-bond acceptors (Lipinski definition) is 9. The lowest BCUT2D eigenvalue weighted by Crippen LogP contribution is -2.56. The summed E-state index contributed by atoms with van der Waals surface area (Å²) in [5, 5.41) is 27.5. The number of nitrogens with two attached hydrogens (primary N) is 4. The number of unbranched alkanes of at least 4 members (excludes halogenated alkanes) is 1. The highest BCUT2D eigenvalue weighted by Gasteiger charge is 2.39. The number of guanidine groups is 1. The van der Waals surface area contributed by atoms with Gasteiger partial charge in [0, 0.05) is 13.1 Å². The van der Waals surface area contributed by atoms with Gasteiger partial charge in [0.25, 0.3) is 0 Å².